The van der Waals surface area contributed by atoms with E-state index in [4.69, 9.17) is 0 Å². The minimum absolute atomic E-state index is 0.0771. The maximum atomic E-state index is 11.9. The third-order valence-corrected chi connectivity index (χ3v) is 5.07. The first kappa shape index (κ1) is 16.1. The molecular formula is C18H23N3OS. The quantitative estimate of drug-likeness (QED) is 0.886. The van der Waals surface area contributed by atoms with E-state index in [-0.39, 0.29) is 5.91 Å². The van der Waals surface area contributed by atoms with Crippen molar-refractivity contribution < 1.29 is 4.79 Å². The number of likely N-dealkylation sites (tertiary alicyclic amines) is 1. The Kier molecular flexibility index (Phi) is 5.41. The zero-order valence-electron chi connectivity index (χ0n) is 13.5. The summed E-state index contributed by atoms with van der Waals surface area (Å²) in [7, 11) is 0. The largest absolute Gasteiger partial charge is 0.355 e. The van der Waals surface area contributed by atoms with E-state index in [0.717, 1.165) is 38.3 Å². The number of aromatic nitrogens is 1. The third kappa shape index (κ3) is 4.62. The Morgan fingerprint density at radius 3 is 3.09 bits per heavy atom. The van der Waals surface area contributed by atoms with Crippen LogP contribution in [0.5, 0.6) is 0 Å². The van der Waals surface area contributed by atoms with Crippen molar-refractivity contribution in [3.63, 3.8) is 0 Å². The molecule has 3 rings (SSSR count). The van der Waals surface area contributed by atoms with Crippen molar-refractivity contribution in [2.24, 2.45) is 5.92 Å². The SMILES string of the molecule is Cc1ccccc1CN1CC[C@@H](CNC(=O)Cc2cscn2)C1. The van der Waals surface area contributed by atoms with Crippen molar-refractivity contribution in [2.75, 3.05) is 19.6 Å². The molecule has 1 aromatic carbocycles. The fraction of sp³-hybridized carbons (Fsp3) is 0.444. The average molecular weight is 329 g/mol. The standard InChI is InChI=1S/C18H23N3OS/c1-14-4-2-3-5-16(14)11-21-7-6-15(10-21)9-19-18(22)8-17-12-23-13-20-17/h2-5,12-13,15H,6-11H2,1H3,(H,19,22)/t15-/m0/s1. The highest BCUT2D eigenvalue weighted by Crippen LogP contribution is 2.19. The van der Waals surface area contributed by atoms with Gasteiger partial charge in [0.1, 0.15) is 0 Å². The molecule has 1 aliphatic rings. The minimum Gasteiger partial charge on any atom is -0.355 e. The normalized spacial score (nSPS) is 18.2. The van der Waals surface area contributed by atoms with Crippen LogP contribution in [0.2, 0.25) is 0 Å². The molecule has 2 aromatic rings. The molecule has 2 heterocycles. The first-order chi connectivity index (χ1) is 11.2. The van der Waals surface area contributed by atoms with Crippen LogP contribution in [0.25, 0.3) is 0 Å². The van der Waals surface area contributed by atoms with Crippen LogP contribution < -0.4 is 5.32 Å². The summed E-state index contributed by atoms with van der Waals surface area (Å²) in [4.78, 5) is 18.6. The summed E-state index contributed by atoms with van der Waals surface area (Å²) in [6, 6.07) is 8.57. The Balaban J connectivity index is 1.41. The number of carbonyl (C=O) groups excluding carboxylic acids is 1. The van der Waals surface area contributed by atoms with Gasteiger partial charge in [0.2, 0.25) is 5.91 Å². The molecule has 0 radical (unpaired) electrons. The van der Waals surface area contributed by atoms with Gasteiger partial charge < -0.3 is 5.32 Å². The maximum Gasteiger partial charge on any atom is 0.226 e. The molecule has 1 aliphatic heterocycles. The molecule has 0 bridgehead atoms. The van der Waals surface area contributed by atoms with E-state index >= 15 is 0 Å². The molecule has 1 atom stereocenters. The lowest BCUT2D eigenvalue weighted by molar-refractivity contribution is -0.120. The van der Waals surface area contributed by atoms with Gasteiger partial charge in [0.25, 0.3) is 0 Å². The number of rotatable bonds is 6. The van der Waals surface area contributed by atoms with Crippen LogP contribution in [0.4, 0.5) is 0 Å². The number of hydrogen-bond donors (Lipinski definition) is 1. The molecule has 1 aromatic heterocycles. The van der Waals surface area contributed by atoms with Crippen LogP contribution in [-0.4, -0.2) is 35.4 Å². The lowest BCUT2D eigenvalue weighted by Crippen LogP contribution is -2.32. The number of amides is 1. The second kappa shape index (κ2) is 7.70. The lowest BCUT2D eigenvalue weighted by Gasteiger charge is -2.17. The number of aryl methyl sites for hydroxylation is 1. The number of benzene rings is 1. The Morgan fingerprint density at radius 1 is 1.43 bits per heavy atom. The van der Waals surface area contributed by atoms with Crippen molar-refractivity contribution in [1.29, 1.82) is 0 Å². The highest BCUT2D eigenvalue weighted by atomic mass is 32.1. The Hall–Kier alpha value is -1.72. The number of thiazole rings is 1. The van der Waals surface area contributed by atoms with Crippen LogP contribution in [0.1, 0.15) is 23.2 Å². The second-order valence-electron chi connectivity index (χ2n) is 6.28. The fourth-order valence-corrected chi connectivity index (χ4v) is 3.62. The van der Waals surface area contributed by atoms with Crippen molar-refractivity contribution in [1.82, 2.24) is 15.2 Å². The first-order valence-corrected chi connectivity index (χ1v) is 9.05. The Labute approximate surface area is 141 Å². The third-order valence-electron chi connectivity index (χ3n) is 4.44. The first-order valence-electron chi connectivity index (χ1n) is 8.11. The molecule has 4 nitrogen and oxygen atoms in total. The molecule has 0 saturated carbocycles. The smallest absolute Gasteiger partial charge is 0.226 e. The average Bonchev–Trinajstić information content (AvgIpc) is 3.19. The van der Waals surface area contributed by atoms with Crippen LogP contribution in [-0.2, 0) is 17.8 Å². The van der Waals surface area contributed by atoms with Gasteiger partial charge >= 0.3 is 0 Å². The van der Waals surface area contributed by atoms with Crippen molar-refractivity contribution in [3.05, 3.63) is 52.0 Å². The summed E-state index contributed by atoms with van der Waals surface area (Å²) < 4.78 is 0. The molecule has 0 spiro atoms. The van der Waals surface area contributed by atoms with Gasteiger partial charge in [0, 0.05) is 25.0 Å². The van der Waals surface area contributed by atoms with Gasteiger partial charge in [-0.05, 0) is 36.9 Å². The zero-order chi connectivity index (χ0) is 16.1. The summed E-state index contributed by atoms with van der Waals surface area (Å²) in [5, 5.41) is 4.99. The Morgan fingerprint density at radius 2 is 2.30 bits per heavy atom. The van der Waals surface area contributed by atoms with Gasteiger partial charge in [-0.2, -0.15) is 0 Å². The fourth-order valence-electron chi connectivity index (χ4n) is 3.06. The topological polar surface area (TPSA) is 45.2 Å². The summed E-state index contributed by atoms with van der Waals surface area (Å²) in [5.41, 5.74) is 5.39. The van der Waals surface area contributed by atoms with E-state index in [1.54, 1.807) is 5.51 Å². The summed E-state index contributed by atoms with van der Waals surface area (Å²) in [5.74, 6) is 0.631. The maximum absolute atomic E-state index is 11.9. The molecule has 23 heavy (non-hydrogen) atoms. The minimum atomic E-state index is 0.0771. The highest BCUT2D eigenvalue weighted by molar-refractivity contribution is 7.07. The lowest BCUT2D eigenvalue weighted by atomic mass is 10.1. The van der Waals surface area contributed by atoms with Gasteiger partial charge in [0.05, 0.1) is 17.6 Å². The highest BCUT2D eigenvalue weighted by Gasteiger charge is 2.23. The second-order valence-corrected chi connectivity index (χ2v) is 7.00. The van der Waals surface area contributed by atoms with Gasteiger partial charge in [-0.25, -0.2) is 4.98 Å². The van der Waals surface area contributed by atoms with Crippen LogP contribution in [0.15, 0.2) is 35.2 Å². The van der Waals surface area contributed by atoms with E-state index in [2.05, 4.69) is 46.4 Å². The number of hydrogen-bond acceptors (Lipinski definition) is 4. The van der Waals surface area contributed by atoms with Crippen LogP contribution in [0, 0.1) is 12.8 Å². The monoisotopic (exact) mass is 329 g/mol. The molecule has 1 amide bonds. The van der Waals surface area contributed by atoms with E-state index in [1.165, 1.54) is 22.5 Å². The summed E-state index contributed by atoms with van der Waals surface area (Å²) in [6.45, 7) is 6.12. The van der Waals surface area contributed by atoms with Gasteiger partial charge in [-0.15, -0.1) is 11.3 Å². The van der Waals surface area contributed by atoms with Crippen molar-refractivity contribution >= 4 is 17.2 Å². The van der Waals surface area contributed by atoms with Gasteiger partial charge in [-0.1, -0.05) is 24.3 Å². The van der Waals surface area contributed by atoms with Crippen LogP contribution >= 0.6 is 11.3 Å². The summed E-state index contributed by atoms with van der Waals surface area (Å²) in [6.07, 6.45) is 1.55. The molecule has 0 aliphatic carbocycles. The predicted molar refractivity (Wildman–Crippen MR) is 93.4 cm³/mol. The zero-order valence-corrected chi connectivity index (χ0v) is 14.3. The predicted octanol–water partition coefficient (Wildman–Crippen LogP) is 2.63. The van der Waals surface area contributed by atoms with E-state index in [0.29, 0.717) is 12.3 Å². The molecule has 1 saturated heterocycles. The van der Waals surface area contributed by atoms with E-state index < -0.39 is 0 Å². The van der Waals surface area contributed by atoms with Gasteiger partial charge in [-0.3, -0.25) is 9.69 Å². The van der Waals surface area contributed by atoms with Crippen LogP contribution in [0.3, 0.4) is 0 Å². The number of nitrogens with zero attached hydrogens (tertiary/aromatic N) is 2. The molecule has 122 valence electrons. The van der Waals surface area contributed by atoms with Crippen molar-refractivity contribution in [2.45, 2.75) is 26.3 Å². The van der Waals surface area contributed by atoms with E-state index in [9.17, 15) is 4.79 Å². The molecular weight excluding hydrogens is 306 g/mol. The Bertz CT molecular complexity index is 641. The molecule has 1 N–H and O–H groups in total. The van der Waals surface area contributed by atoms with Gasteiger partial charge in [0.15, 0.2) is 0 Å². The molecule has 0 unspecified atom stereocenters. The molecule has 1 fully saturated rings. The number of carbonyl (C=O) groups is 1. The van der Waals surface area contributed by atoms with Crippen molar-refractivity contribution in [3.8, 4) is 0 Å². The molecule has 5 heteroatoms. The summed E-state index contributed by atoms with van der Waals surface area (Å²) >= 11 is 1.53. The number of nitrogens with one attached hydrogen (secondary N) is 1. The van der Waals surface area contributed by atoms with E-state index in [1.807, 2.05) is 5.38 Å².